The molecule has 0 saturated carbocycles. The second-order valence-corrected chi connectivity index (χ2v) is 6.33. The number of carbonyl (C=O) groups excluding carboxylic acids is 1. The van der Waals surface area contributed by atoms with Gasteiger partial charge in [-0.05, 0) is 24.0 Å². The zero-order valence-corrected chi connectivity index (χ0v) is 14.0. The molecule has 0 aliphatic carbocycles. The molecule has 1 saturated heterocycles. The van der Waals surface area contributed by atoms with E-state index in [9.17, 15) is 4.79 Å². The minimum atomic E-state index is -0.137. The summed E-state index contributed by atoms with van der Waals surface area (Å²) in [6.07, 6.45) is 8.60. The summed E-state index contributed by atoms with van der Waals surface area (Å²) in [6.45, 7) is 3.52. The van der Waals surface area contributed by atoms with Crippen LogP contribution in [0.15, 0.2) is 43.0 Å². The van der Waals surface area contributed by atoms with Crippen LogP contribution in [0.25, 0.3) is 0 Å². The van der Waals surface area contributed by atoms with E-state index in [2.05, 4.69) is 52.3 Å². The minimum absolute atomic E-state index is 0.0589. The van der Waals surface area contributed by atoms with Crippen molar-refractivity contribution in [3.05, 3.63) is 54.1 Å². The highest BCUT2D eigenvalue weighted by molar-refractivity contribution is 5.82. The van der Waals surface area contributed by atoms with Crippen LogP contribution in [-0.4, -0.2) is 27.5 Å². The third-order valence-corrected chi connectivity index (χ3v) is 4.35. The second kappa shape index (κ2) is 8.08. The lowest BCUT2D eigenvalue weighted by atomic mass is 10.1. The maximum absolute atomic E-state index is 12.2. The number of aromatic nitrogens is 2. The molecule has 2 aromatic rings. The third-order valence-electron chi connectivity index (χ3n) is 4.35. The van der Waals surface area contributed by atoms with Gasteiger partial charge in [0.1, 0.15) is 6.04 Å². The monoisotopic (exact) mass is 327 g/mol. The van der Waals surface area contributed by atoms with Crippen LogP contribution < -0.4 is 16.2 Å². The molecule has 24 heavy (non-hydrogen) atoms. The maximum atomic E-state index is 12.2. The lowest BCUT2D eigenvalue weighted by molar-refractivity contribution is -0.123. The average Bonchev–Trinajstić information content (AvgIpc) is 3.26. The lowest BCUT2D eigenvalue weighted by Gasteiger charge is -2.11. The van der Waals surface area contributed by atoms with Crippen molar-refractivity contribution in [1.82, 2.24) is 25.7 Å². The Morgan fingerprint density at radius 3 is 2.79 bits per heavy atom. The van der Waals surface area contributed by atoms with Gasteiger partial charge in [-0.1, -0.05) is 37.6 Å². The Morgan fingerprint density at radius 2 is 2.08 bits per heavy atom. The van der Waals surface area contributed by atoms with Crippen LogP contribution in [0.4, 0.5) is 0 Å². The molecule has 1 aromatic carbocycles. The van der Waals surface area contributed by atoms with Crippen molar-refractivity contribution in [2.24, 2.45) is 0 Å². The van der Waals surface area contributed by atoms with Crippen molar-refractivity contribution >= 4 is 5.91 Å². The molecule has 0 radical (unpaired) electrons. The SMILES string of the molecule is CCCC1CC(C(=O)NCc2ccc(Cn3ccnc3)cc2)NN1. The molecule has 128 valence electrons. The van der Waals surface area contributed by atoms with E-state index in [1.807, 2.05) is 17.1 Å². The van der Waals surface area contributed by atoms with E-state index in [0.717, 1.165) is 31.4 Å². The fourth-order valence-electron chi connectivity index (χ4n) is 3.00. The number of rotatable bonds is 7. The van der Waals surface area contributed by atoms with E-state index in [1.165, 1.54) is 5.56 Å². The van der Waals surface area contributed by atoms with E-state index >= 15 is 0 Å². The summed E-state index contributed by atoms with van der Waals surface area (Å²) >= 11 is 0. The predicted octanol–water partition coefficient (Wildman–Crippen LogP) is 1.58. The lowest BCUT2D eigenvalue weighted by Crippen LogP contribution is -2.43. The van der Waals surface area contributed by atoms with Crippen LogP contribution in [0.3, 0.4) is 0 Å². The minimum Gasteiger partial charge on any atom is -0.351 e. The molecule has 1 amide bonds. The zero-order chi connectivity index (χ0) is 16.8. The Labute approximate surface area is 142 Å². The van der Waals surface area contributed by atoms with Gasteiger partial charge in [0.05, 0.1) is 6.33 Å². The van der Waals surface area contributed by atoms with Gasteiger partial charge in [-0.25, -0.2) is 10.4 Å². The van der Waals surface area contributed by atoms with Crippen LogP contribution >= 0.6 is 0 Å². The topological polar surface area (TPSA) is 71.0 Å². The molecular formula is C18H25N5O. The number of carbonyl (C=O) groups is 1. The molecule has 6 nitrogen and oxygen atoms in total. The van der Waals surface area contributed by atoms with Gasteiger partial charge in [-0.15, -0.1) is 0 Å². The van der Waals surface area contributed by atoms with Crippen LogP contribution in [-0.2, 0) is 17.9 Å². The number of hydrazine groups is 1. The first-order valence-electron chi connectivity index (χ1n) is 8.57. The van der Waals surface area contributed by atoms with Gasteiger partial charge in [0.15, 0.2) is 0 Å². The molecule has 3 N–H and O–H groups in total. The summed E-state index contributed by atoms with van der Waals surface area (Å²) in [6, 6.07) is 8.57. The fraction of sp³-hybridized carbons (Fsp3) is 0.444. The normalized spacial score (nSPS) is 20.2. The second-order valence-electron chi connectivity index (χ2n) is 6.33. The van der Waals surface area contributed by atoms with E-state index in [0.29, 0.717) is 12.6 Å². The van der Waals surface area contributed by atoms with Crippen LogP contribution in [0.1, 0.15) is 37.3 Å². The smallest absolute Gasteiger partial charge is 0.238 e. The molecule has 3 rings (SSSR count). The molecule has 2 unspecified atom stereocenters. The molecule has 0 bridgehead atoms. The highest BCUT2D eigenvalue weighted by Crippen LogP contribution is 2.11. The van der Waals surface area contributed by atoms with Gasteiger partial charge in [0, 0.05) is 31.5 Å². The first-order chi connectivity index (χ1) is 11.7. The predicted molar refractivity (Wildman–Crippen MR) is 93.0 cm³/mol. The van der Waals surface area contributed by atoms with E-state index < -0.39 is 0 Å². The van der Waals surface area contributed by atoms with Gasteiger partial charge >= 0.3 is 0 Å². The summed E-state index contributed by atoms with van der Waals surface area (Å²) in [4.78, 5) is 16.3. The van der Waals surface area contributed by atoms with Crippen LogP contribution in [0, 0.1) is 0 Å². The molecule has 1 fully saturated rings. The van der Waals surface area contributed by atoms with Gasteiger partial charge in [-0.2, -0.15) is 0 Å². The molecule has 6 heteroatoms. The molecular weight excluding hydrogens is 302 g/mol. The number of benzene rings is 1. The van der Waals surface area contributed by atoms with Gasteiger partial charge in [0.2, 0.25) is 5.91 Å². The van der Waals surface area contributed by atoms with E-state index in [1.54, 1.807) is 6.20 Å². The van der Waals surface area contributed by atoms with Crippen molar-refractivity contribution in [3.8, 4) is 0 Å². The summed E-state index contributed by atoms with van der Waals surface area (Å²) in [5.74, 6) is 0.0589. The Morgan fingerprint density at radius 1 is 1.29 bits per heavy atom. The number of nitrogens with one attached hydrogen (secondary N) is 3. The summed E-state index contributed by atoms with van der Waals surface area (Å²) in [5, 5.41) is 3.01. The zero-order valence-electron chi connectivity index (χ0n) is 14.0. The van der Waals surface area contributed by atoms with E-state index in [4.69, 9.17) is 0 Å². The summed E-state index contributed by atoms with van der Waals surface area (Å²) in [5.41, 5.74) is 8.61. The Balaban J connectivity index is 1.45. The van der Waals surface area contributed by atoms with Crippen molar-refractivity contribution in [2.75, 3.05) is 0 Å². The summed E-state index contributed by atoms with van der Waals surface area (Å²) in [7, 11) is 0. The first-order valence-corrected chi connectivity index (χ1v) is 8.57. The average molecular weight is 327 g/mol. The third kappa shape index (κ3) is 4.43. The standard InChI is InChI=1S/C18H25N5O/c1-2-3-16-10-17(22-21-16)18(24)20-11-14-4-6-15(7-5-14)12-23-9-8-19-13-23/h4-9,13,16-17,21-22H,2-3,10-12H2,1H3,(H,20,24). The number of hydrogen-bond donors (Lipinski definition) is 3. The molecule has 1 aliphatic heterocycles. The Kier molecular flexibility index (Phi) is 5.61. The molecule has 0 spiro atoms. The van der Waals surface area contributed by atoms with E-state index in [-0.39, 0.29) is 11.9 Å². The number of hydrogen-bond acceptors (Lipinski definition) is 4. The highest BCUT2D eigenvalue weighted by Gasteiger charge is 2.28. The Hall–Kier alpha value is -2.18. The quantitative estimate of drug-likeness (QED) is 0.722. The highest BCUT2D eigenvalue weighted by atomic mass is 16.2. The van der Waals surface area contributed by atoms with Crippen molar-refractivity contribution in [2.45, 2.75) is 51.4 Å². The van der Waals surface area contributed by atoms with Gasteiger partial charge < -0.3 is 9.88 Å². The van der Waals surface area contributed by atoms with Crippen molar-refractivity contribution in [3.63, 3.8) is 0 Å². The summed E-state index contributed by atoms with van der Waals surface area (Å²) < 4.78 is 2.03. The van der Waals surface area contributed by atoms with Gasteiger partial charge in [-0.3, -0.25) is 10.2 Å². The fourth-order valence-corrected chi connectivity index (χ4v) is 3.00. The van der Waals surface area contributed by atoms with Gasteiger partial charge in [0.25, 0.3) is 0 Å². The molecule has 1 aliphatic rings. The molecule has 2 heterocycles. The van der Waals surface area contributed by atoms with Crippen LogP contribution in [0.2, 0.25) is 0 Å². The number of nitrogens with zero attached hydrogens (tertiary/aromatic N) is 2. The first kappa shape index (κ1) is 16.7. The Bertz CT molecular complexity index is 638. The largest absolute Gasteiger partial charge is 0.351 e. The maximum Gasteiger partial charge on any atom is 0.238 e. The number of amides is 1. The number of imidazole rings is 1. The molecule has 2 atom stereocenters. The molecule has 1 aromatic heterocycles. The van der Waals surface area contributed by atoms with Crippen LogP contribution in [0.5, 0.6) is 0 Å². The van der Waals surface area contributed by atoms with Crippen molar-refractivity contribution < 1.29 is 4.79 Å². The van der Waals surface area contributed by atoms with Crippen molar-refractivity contribution in [1.29, 1.82) is 0 Å².